The van der Waals surface area contributed by atoms with E-state index in [9.17, 15) is 4.79 Å². The molecule has 0 aliphatic carbocycles. The zero-order valence-electron chi connectivity index (χ0n) is 21.2. The highest BCUT2D eigenvalue weighted by Crippen LogP contribution is 2.41. The molecule has 7 nitrogen and oxygen atoms in total. The minimum atomic E-state index is -0.224. The largest absolute Gasteiger partial charge is 0.375 e. The minimum Gasteiger partial charge on any atom is -0.375 e. The molecule has 7 heteroatoms. The number of aromatic nitrogens is 1. The molecule has 0 spiro atoms. The molecular formula is C28H37N5O2. The van der Waals surface area contributed by atoms with E-state index in [1.54, 1.807) is 18.2 Å². The van der Waals surface area contributed by atoms with Gasteiger partial charge >= 0.3 is 0 Å². The first-order valence-electron chi connectivity index (χ1n) is 12.6. The molecule has 0 saturated carbocycles. The summed E-state index contributed by atoms with van der Waals surface area (Å²) in [5.74, 6) is 0.176. The average molecular weight is 476 g/mol. The van der Waals surface area contributed by atoms with Crippen molar-refractivity contribution in [3.63, 3.8) is 0 Å². The van der Waals surface area contributed by atoms with Crippen molar-refractivity contribution >= 4 is 11.7 Å². The van der Waals surface area contributed by atoms with E-state index in [-0.39, 0.29) is 23.0 Å². The van der Waals surface area contributed by atoms with Crippen LogP contribution >= 0.6 is 0 Å². The number of anilines is 1. The Morgan fingerprint density at radius 2 is 1.89 bits per heavy atom. The summed E-state index contributed by atoms with van der Waals surface area (Å²) in [6.07, 6.45) is 2.59. The Kier molecular flexibility index (Phi) is 7.85. The first-order valence-corrected chi connectivity index (χ1v) is 12.6. The Balaban J connectivity index is 1.44. The summed E-state index contributed by atoms with van der Waals surface area (Å²) in [4.78, 5) is 22.5. The van der Waals surface area contributed by atoms with E-state index in [0.29, 0.717) is 18.1 Å². The molecule has 35 heavy (non-hydrogen) atoms. The van der Waals surface area contributed by atoms with E-state index in [2.05, 4.69) is 64.3 Å². The molecule has 0 bridgehead atoms. The number of hydrogen-bond acceptors (Lipinski definition) is 6. The van der Waals surface area contributed by atoms with Crippen LogP contribution in [-0.2, 0) is 16.1 Å². The zero-order chi connectivity index (χ0) is 24.9. The monoisotopic (exact) mass is 475 g/mol. The lowest BCUT2D eigenvalue weighted by atomic mass is 9.74. The van der Waals surface area contributed by atoms with Gasteiger partial charge in [-0.25, -0.2) is 4.98 Å². The van der Waals surface area contributed by atoms with Crippen LogP contribution in [0.15, 0.2) is 48.5 Å². The predicted octanol–water partition coefficient (Wildman–Crippen LogP) is 4.06. The lowest BCUT2D eigenvalue weighted by Crippen LogP contribution is -2.62. The van der Waals surface area contributed by atoms with Gasteiger partial charge in [-0.2, -0.15) is 5.26 Å². The summed E-state index contributed by atoms with van der Waals surface area (Å²) in [5, 5.41) is 12.0. The SMILES string of the molecule is CC(CC1(N2CCN(Cc3ccccc3)CC2)CCOC(C)(C)C1)C(=O)Nc1cccc(C#N)n1. The van der Waals surface area contributed by atoms with Crippen LogP contribution in [0.2, 0.25) is 0 Å². The van der Waals surface area contributed by atoms with Crippen LogP contribution in [0, 0.1) is 17.2 Å². The van der Waals surface area contributed by atoms with Gasteiger partial charge in [0.2, 0.25) is 5.91 Å². The molecule has 1 aromatic carbocycles. The highest BCUT2D eigenvalue weighted by Gasteiger charge is 2.47. The normalized spacial score (nSPS) is 23.8. The lowest BCUT2D eigenvalue weighted by Gasteiger charge is -2.54. The van der Waals surface area contributed by atoms with Crippen molar-refractivity contribution in [1.29, 1.82) is 5.26 Å². The quantitative estimate of drug-likeness (QED) is 0.650. The van der Waals surface area contributed by atoms with E-state index in [0.717, 1.165) is 52.0 Å². The first-order chi connectivity index (χ1) is 16.8. The molecule has 3 heterocycles. The fourth-order valence-electron chi connectivity index (χ4n) is 5.72. The third-order valence-corrected chi connectivity index (χ3v) is 7.36. The molecule has 0 radical (unpaired) electrons. The van der Waals surface area contributed by atoms with Crippen molar-refractivity contribution in [3.8, 4) is 6.07 Å². The number of ether oxygens (including phenoxy) is 1. The molecule has 1 amide bonds. The Hall–Kier alpha value is -2.79. The van der Waals surface area contributed by atoms with Gasteiger partial charge < -0.3 is 10.1 Å². The highest BCUT2D eigenvalue weighted by atomic mass is 16.5. The second-order valence-electron chi connectivity index (χ2n) is 10.6. The molecule has 2 atom stereocenters. The number of nitrogens with one attached hydrogen (secondary N) is 1. The molecule has 2 fully saturated rings. The summed E-state index contributed by atoms with van der Waals surface area (Å²) >= 11 is 0. The Bertz CT molecular complexity index is 1040. The van der Waals surface area contributed by atoms with E-state index in [1.165, 1.54) is 5.56 Å². The molecule has 2 unspecified atom stereocenters. The summed E-state index contributed by atoms with van der Waals surface area (Å²) < 4.78 is 6.10. The van der Waals surface area contributed by atoms with Gasteiger partial charge in [0.05, 0.1) is 5.60 Å². The molecule has 2 saturated heterocycles. The van der Waals surface area contributed by atoms with Crippen LogP contribution in [-0.4, -0.2) is 64.6 Å². The number of amides is 1. The maximum absolute atomic E-state index is 13.1. The van der Waals surface area contributed by atoms with Gasteiger partial charge in [-0.05, 0) is 50.8 Å². The fourth-order valence-corrected chi connectivity index (χ4v) is 5.72. The van der Waals surface area contributed by atoms with Crippen molar-refractivity contribution in [3.05, 3.63) is 59.8 Å². The number of hydrogen-bond donors (Lipinski definition) is 1. The fraction of sp³-hybridized carbons (Fsp3) is 0.536. The maximum Gasteiger partial charge on any atom is 0.228 e. The van der Waals surface area contributed by atoms with E-state index in [1.807, 2.05) is 13.0 Å². The number of pyridine rings is 1. The van der Waals surface area contributed by atoms with Gasteiger partial charge in [-0.1, -0.05) is 43.3 Å². The summed E-state index contributed by atoms with van der Waals surface area (Å²) in [7, 11) is 0. The first kappa shape index (κ1) is 25.3. The van der Waals surface area contributed by atoms with Crippen LogP contribution in [0.1, 0.15) is 51.3 Å². The van der Waals surface area contributed by atoms with Crippen LogP contribution in [0.25, 0.3) is 0 Å². The molecule has 4 rings (SSSR count). The Labute approximate surface area is 209 Å². The number of carbonyl (C=O) groups excluding carboxylic acids is 1. The number of benzene rings is 1. The molecule has 2 aliphatic heterocycles. The molecule has 1 N–H and O–H groups in total. The Morgan fingerprint density at radius 3 is 2.57 bits per heavy atom. The van der Waals surface area contributed by atoms with Crippen LogP contribution in [0.4, 0.5) is 5.82 Å². The number of nitriles is 1. The summed E-state index contributed by atoms with van der Waals surface area (Å²) in [6.45, 7) is 12.0. The topological polar surface area (TPSA) is 81.5 Å². The van der Waals surface area contributed by atoms with Gasteiger partial charge in [0, 0.05) is 50.8 Å². The van der Waals surface area contributed by atoms with Crippen molar-refractivity contribution in [2.24, 2.45) is 5.92 Å². The van der Waals surface area contributed by atoms with Crippen molar-refractivity contribution < 1.29 is 9.53 Å². The summed E-state index contributed by atoms with van der Waals surface area (Å²) in [6, 6.07) is 17.8. The highest BCUT2D eigenvalue weighted by molar-refractivity contribution is 5.91. The predicted molar refractivity (Wildman–Crippen MR) is 137 cm³/mol. The molecule has 2 aromatic rings. The van der Waals surface area contributed by atoms with Crippen LogP contribution < -0.4 is 5.32 Å². The molecule has 1 aromatic heterocycles. The van der Waals surface area contributed by atoms with Crippen molar-refractivity contribution in [1.82, 2.24) is 14.8 Å². The van der Waals surface area contributed by atoms with Crippen molar-refractivity contribution in [2.75, 3.05) is 38.1 Å². The van der Waals surface area contributed by atoms with Crippen molar-refractivity contribution in [2.45, 2.75) is 57.7 Å². The summed E-state index contributed by atoms with van der Waals surface area (Å²) in [5.41, 5.74) is 1.34. The number of piperazine rings is 1. The van der Waals surface area contributed by atoms with E-state index >= 15 is 0 Å². The smallest absolute Gasteiger partial charge is 0.228 e. The standard InChI is InChI=1S/C28H37N5O2/c1-22(26(34)31-25-11-7-10-24(19-29)30-25)18-28(12-17-35-27(2,3)21-28)33-15-13-32(14-16-33)20-23-8-5-4-6-9-23/h4-11,22H,12-18,20-21H2,1-3H3,(H,30,31,34). The second-order valence-corrected chi connectivity index (χ2v) is 10.6. The van der Waals surface area contributed by atoms with Gasteiger partial charge in [-0.3, -0.25) is 14.6 Å². The van der Waals surface area contributed by atoms with E-state index in [4.69, 9.17) is 10.00 Å². The molecule has 2 aliphatic rings. The Morgan fingerprint density at radius 1 is 1.14 bits per heavy atom. The number of nitrogens with zero attached hydrogens (tertiary/aromatic N) is 4. The third kappa shape index (κ3) is 6.46. The number of rotatable bonds is 7. The van der Waals surface area contributed by atoms with Crippen LogP contribution in [0.3, 0.4) is 0 Å². The third-order valence-electron chi connectivity index (χ3n) is 7.36. The van der Waals surface area contributed by atoms with Gasteiger partial charge in [0.25, 0.3) is 0 Å². The molecular weight excluding hydrogens is 438 g/mol. The van der Waals surface area contributed by atoms with Gasteiger partial charge in [0.1, 0.15) is 17.6 Å². The van der Waals surface area contributed by atoms with E-state index < -0.39 is 0 Å². The average Bonchev–Trinajstić information content (AvgIpc) is 2.84. The molecule has 186 valence electrons. The minimum absolute atomic E-state index is 0.0565. The zero-order valence-corrected chi connectivity index (χ0v) is 21.2. The van der Waals surface area contributed by atoms with Gasteiger partial charge in [-0.15, -0.1) is 0 Å². The van der Waals surface area contributed by atoms with Crippen LogP contribution in [0.5, 0.6) is 0 Å². The number of carbonyl (C=O) groups is 1. The maximum atomic E-state index is 13.1. The van der Waals surface area contributed by atoms with Gasteiger partial charge in [0.15, 0.2) is 0 Å². The second kappa shape index (κ2) is 10.9. The lowest BCUT2D eigenvalue weighted by molar-refractivity contribution is -0.139.